The van der Waals surface area contributed by atoms with Crippen LogP contribution in [0.2, 0.25) is 0 Å². The first kappa shape index (κ1) is 19.4. The van der Waals surface area contributed by atoms with Crippen LogP contribution < -0.4 is 5.46 Å². The Morgan fingerprint density at radius 2 is 1.97 bits per heavy atom. The Kier molecular flexibility index (Phi) is 5.23. The number of hydrogen-bond donors (Lipinski definition) is 3. The van der Waals surface area contributed by atoms with Crippen molar-refractivity contribution in [1.82, 2.24) is 4.98 Å². The Bertz CT molecular complexity index is 1170. The number of aromatic nitrogens is 1. The molecule has 0 fully saturated rings. The van der Waals surface area contributed by atoms with Gasteiger partial charge in [-0.1, -0.05) is 42.5 Å². The van der Waals surface area contributed by atoms with Crippen LogP contribution in [0, 0.1) is 17.0 Å². The molecule has 0 aliphatic heterocycles. The third-order valence-electron chi connectivity index (χ3n) is 5.07. The topological polar surface area (TPSA) is 99.4 Å². The van der Waals surface area contributed by atoms with Gasteiger partial charge in [-0.3, -0.25) is 10.1 Å². The van der Waals surface area contributed by atoms with Gasteiger partial charge in [0.15, 0.2) is 0 Å². The van der Waals surface area contributed by atoms with E-state index in [-0.39, 0.29) is 11.5 Å². The van der Waals surface area contributed by atoms with E-state index in [4.69, 9.17) is 0 Å². The zero-order valence-electron chi connectivity index (χ0n) is 15.7. The summed E-state index contributed by atoms with van der Waals surface area (Å²) in [5.41, 5.74) is 4.37. The molecule has 0 aliphatic carbocycles. The molecule has 0 radical (unpaired) electrons. The second-order valence-electron chi connectivity index (χ2n) is 7.01. The van der Waals surface area contributed by atoms with E-state index in [2.05, 4.69) is 4.98 Å². The fraction of sp³-hybridized carbons (Fsp3) is 0.143. The van der Waals surface area contributed by atoms with E-state index < -0.39 is 13.0 Å². The molecule has 2 aromatic heterocycles. The number of benzene rings is 2. The first-order valence-corrected chi connectivity index (χ1v) is 10.1. The largest absolute Gasteiger partial charge is 0.489 e. The molecule has 4 rings (SSSR count). The molecular formula is C21H19BN2O4S. The van der Waals surface area contributed by atoms with Crippen molar-refractivity contribution < 1.29 is 15.0 Å². The number of rotatable bonds is 6. The Balaban J connectivity index is 2.04. The molecule has 0 bridgehead atoms. The monoisotopic (exact) mass is 406 g/mol. The molecule has 0 spiro atoms. The van der Waals surface area contributed by atoms with Crippen LogP contribution in [0.3, 0.4) is 0 Å². The third-order valence-corrected chi connectivity index (χ3v) is 6.06. The van der Waals surface area contributed by atoms with Crippen LogP contribution in [-0.4, -0.2) is 33.6 Å². The molecule has 2 aromatic carbocycles. The van der Waals surface area contributed by atoms with Gasteiger partial charge < -0.3 is 15.0 Å². The van der Waals surface area contributed by atoms with Gasteiger partial charge in [0.25, 0.3) is 0 Å². The van der Waals surface area contributed by atoms with E-state index in [0.717, 1.165) is 26.9 Å². The highest BCUT2D eigenvalue weighted by atomic mass is 32.1. The molecule has 0 amide bonds. The van der Waals surface area contributed by atoms with E-state index in [1.807, 2.05) is 48.7 Å². The van der Waals surface area contributed by atoms with Crippen LogP contribution >= 0.6 is 11.3 Å². The predicted molar refractivity (Wildman–Crippen MR) is 116 cm³/mol. The minimum Gasteiger partial charge on any atom is -0.423 e. The zero-order chi connectivity index (χ0) is 20.5. The number of fused-ring (bicyclic) bond motifs is 1. The number of nitro groups is 1. The fourth-order valence-electron chi connectivity index (χ4n) is 3.82. The molecular weight excluding hydrogens is 387 g/mol. The summed E-state index contributed by atoms with van der Waals surface area (Å²) in [4.78, 5) is 15.5. The molecule has 0 saturated carbocycles. The highest BCUT2D eigenvalue weighted by molar-refractivity contribution is 7.10. The molecule has 0 saturated heterocycles. The molecule has 29 heavy (non-hydrogen) atoms. The standard InChI is InChI=1S/C21H19BN2O4S/c1-13-8-9-15-18(11-13)23-21(14-5-2-3-6-17(14)22(25)26)20(15)16(12-24(27)28)19-7-4-10-29-19/h2-11,16,23,25-26H,12H2,1H3. The van der Waals surface area contributed by atoms with Crippen molar-refractivity contribution in [3.8, 4) is 11.3 Å². The normalized spacial score (nSPS) is 12.2. The highest BCUT2D eigenvalue weighted by Gasteiger charge is 2.30. The van der Waals surface area contributed by atoms with Gasteiger partial charge in [0.05, 0.1) is 11.6 Å². The van der Waals surface area contributed by atoms with Gasteiger partial charge in [-0.05, 0) is 41.0 Å². The summed E-state index contributed by atoms with van der Waals surface area (Å²) in [5, 5.41) is 34.1. The molecule has 4 aromatic rings. The van der Waals surface area contributed by atoms with Gasteiger partial charge in [-0.15, -0.1) is 11.3 Å². The smallest absolute Gasteiger partial charge is 0.423 e. The summed E-state index contributed by atoms with van der Waals surface area (Å²) < 4.78 is 0. The summed E-state index contributed by atoms with van der Waals surface area (Å²) in [5.74, 6) is -0.458. The van der Waals surface area contributed by atoms with E-state index in [1.165, 1.54) is 11.3 Å². The van der Waals surface area contributed by atoms with Gasteiger partial charge in [0, 0.05) is 26.3 Å². The van der Waals surface area contributed by atoms with Crippen molar-refractivity contribution in [1.29, 1.82) is 0 Å². The van der Waals surface area contributed by atoms with Crippen molar-refractivity contribution in [2.75, 3.05) is 6.54 Å². The summed E-state index contributed by atoms with van der Waals surface area (Å²) >= 11 is 1.48. The van der Waals surface area contributed by atoms with Gasteiger partial charge in [-0.2, -0.15) is 0 Å². The Morgan fingerprint density at radius 3 is 2.66 bits per heavy atom. The minimum absolute atomic E-state index is 0.252. The van der Waals surface area contributed by atoms with Crippen LogP contribution in [0.15, 0.2) is 60.0 Å². The van der Waals surface area contributed by atoms with E-state index in [1.54, 1.807) is 18.2 Å². The summed E-state index contributed by atoms with van der Waals surface area (Å²) in [6, 6.07) is 16.7. The van der Waals surface area contributed by atoms with Gasteiger partial charge in [0.1, 0.15) is 0 Å². The second-order valence-corrected chi connectivity index (χ2v) is 7.99. The van der Waals surface area contributed by atoms with E-state index >= 15 is 0 Å². The summed E-state index contributed by atoms with van der Waals surface area (Å²) in [6.07, 6.45) is 0. The van der Waals surface area contributed by atoms with Crippen molar-refractivity contribution in [2.24, 2.45) is 0 Å². The lowest BCUT2D eigenvalue weighted by atomic mass is 9.75. The molecule has 1 atom stereocenters. The van der Waals surface area contributed by atoms with Crippen molar-refractivity contribution >= 4 is 34.8 Å². The van der Waals surface area contributed by atoms with Gasteiger partial charge in [0.2, 0.25) is 6.54 Å². The number of nitrogens with one attached hydrogen (secondary N) is 1. The molecule has 146 valence electrons. The lowest BCUT2D eigenvalue weighted by molar-refractivity contribution is -0.481. The van der Waals surface area contributed by atoms with Crippen LogP contribution in [0.1, 0.15) is 21.9 Å². The quantitative estimate of drug-likeness (QED) is 0.260. The van der Waals surface area contributed by atoms with Crippen LogP contribution in [-0.2, 0) is 0 Å². The maximum absolute atomic E-state index is 11.5. The predicted octanol–water partition coefficient (Wildman–Crippen LogP) is 3.29. The summed E-state index contributed by atoms with van der Waals surface area (Å²) in [6.45, 7) is 1.73. The molecule has 1 unspecified atom stereocenters. The molecule has 6 nitrogen and oxygen atoms in total. The highest BCUT2D eigenvalue weighted by Crippen LogP contribution is 2.40. The Morgan fingerprint density at radius 1 is 1.17 bits per heavy atom. The van der Waals surface area contributed by atoms with Crippen LogP contribution in [0.5, 0.6) is 0 Å². The lowest BCUT2D eigenvalue weighted by Crippen LogP contribution is -2.31. The SMILES string of the molecule is Cc1ccc2c(C(C[N+](=O)[O-])c3cccs3)c(-c3ccccc3B(O)O)[nH]c2c1. The third kappa shape index (κ3) is 3.70. The number of hydrogen-bond acceptors (Lipinski definition) is 5. The molecule has 0 aliphatic rings. The number of thiophene rings is 1. The lowest BCUT2D eigenvalue weighted by Gasteiger charge is -2.16. The maximum Gasteiger partial charge on any atom is 0.489 e. The molecule has 8 heteroatoms. The number of aromatic amines is 1. The van der Waals surface area contributed by atoms with Gasteiger partial charge in [-0.25, -0.2) is 0 Å². The average molecular weight is 406 g/mol. The zero-order valence-corrected chi connectivity index (χ0v) is 16.5. The second kappa shape index (κ2) is 7.83. The van der Waals surface area contributed by atoms with Crippen molar-refractivity contribution in [3.05, 3.63) is 86.1 Å². The van der Waals surface area contributed by atoms with Crippen LogP contribution in [0.4, 0.5) is 0 Å². The minimum atomic E-state index is -1.65. The van der Waals surface area contributed by atoms with Crippen molar-refractivity contribution in [3.63, 3.8) is 0 Å². The number of H-pyrrole nitrogens is 1. The van der Waals surface area contributed by atoms with E-state index in [9.17, 15) is 20.2 Å². The molecule has 2 heterocycles. The van der Waals surface area contributed by atoms with E-state index in [0.29, 0.717) is 16.7 Å². The van der Waals surface area contributed by atoms with Crippen LogP contribution in [0.25, 0.3) is 22.2 Å². The van der Waals surface area contributed by atoms with Crippen molar-refractivity contribution in [2.45, 2.75) is 12.8 Å². The first-order chi connectivity index (χ1) is 14.0. The number of nitrogens with zero attached hydrogens (tertiary/aromatic N) is 1. The molecule has 3 N–H and O–H groups in total. The Hall–Kier alpha value is -2.94. The van der Waals surface area contributed by atoms with Gasteiger partial charge >= 0.3 is 7.12 Å². The Labute approximate surface area is 171 Å². The average Bonchev–Trinajstić information content (AvgIpc) is 3.33. The fourth-order valence-corrected chi connectivity index (χ4v) is 4.65. The maximum atomic E-state index is 11.5. The summed E-state index contributed by atoms with van der Waals surface area (Å²) in [7, 11) is -1.65. The number of aryl methyl sites for hydroxylation is 1. The first-order valence-electron chi connectivity index (χ1n) is 9.18.